The molecule has 0 saturated carbocycles. The molecule has 0 fully saturated rings. The second-order valence-electron chi connectivity index (χ2n) is 17.1. The van der Waals surface area contributed by atoms with Crippen LogP contribution in [0.15, 0.2) is 279 Å². The first-order valence-corrected chi connectivity index (χ1v) is 25.0. The van der Waals surface area contributed by atoms with Crippen molar-refractivity contribution in [2.75, 3.05) is 9.80 Å². The SMILES string of the molecule is Cp1c(-c2ccc(N(c3ccc(-c4ccccc4)cc3)c3ccc(-c4ccccc4)cc3)cc2)ccc1-c1ccc(N(c2ccc(-c3ccccc3)cc2)c2ccc(-c3ccccc3)cc2)cc1. The molecule has 68 heavy (non-hydrogen) atoms. The van der Waals surface area contributed by atoms with Gasteiger partial charge in [-0.15, -0.1) is 7.53 Å². The zero-order chi connectivity index (χ0) is 45.7. The summed E-state index contributed by atoms with van der Waals surface area (Å²) in [5.41, 5.74) is 18.8. The highest BCUT2D eigenvalue weighted by Crippen LogP contribution is 2.50. The van der Waals surface area contributed by atoms with Crippen molar-refractivity contribution in [3.05, 3.63) is 279 Å². The third-order valence-corrected chi connectivity index (χ3v) is 15.2. The Morgan fingerprint density at radius 3 is 0.574 bits per heavy atom. The second kappa shape index (κ2) is 19.2. The fourth-order valence-corrected chi connectivity index (χ4v) is 11.2. The van der Waals surface area contributed by atoms with Crippen LogP contribution in [-0.2, 0) is 6.66 Å². The van der Waals surface area contributed by atoms with E-state index in [4.69, 9.17) is 0 Å². The van der Waals surface area contributed by atoms with E-state index in [1.165, 1.54) is 66.2 Å². The predicted molar refractivity (Wildman–Crippen MR) is 292 cm³/mol. The third-order valence-electron chi connectivity index (χ3n) is 12.9. The van der Waals surface area contributed by atoms with Crippen LogP contribution in [0.25, 0.3) is 66.2 Å². The van der Waals surface area contributed by atoms with Crippen LogP contribution >= 0.6 is 7.53 Å². The molecule has 0 amide bonds. The first-order valence-electron chi connectivity index (χ1n) is 23.2. The van der Waals surface area contributed by atoms with Crippen LogP contribution in [-0.4, -0.2) is 0 Å². The molecule has 3 heteroatoms. The minimum absolute atomic E-state index is 0.578. The largest absolute Gasteiger partial charge is 0.311 e. The molecular weight excluding hydrogens is 840 g/mol. The topological polar surface area (TPSA) is 6.48 Å². The van der Waals surface area contributed by atoms with Gasteiger partial charge in [-0.2, -0.15) is 0 Å². The molecule has 10 aromatic carbocycles. The van der Waals surface area contributed by atoms with Crippen molar-refractivity contribution in [3.8, 4) is 66.2 Å². The molecular formula is C65H49N2P. The van der Waals surface area contributed by atoms with Crippen LogP contribution in [0.1, 0.15) is 0 Å². The first kappa shape index (κ1) is 42.2. The smallest absolute Gasteiger partial charge is 0.0462 e. The zero-order valence-corrected chi connectivity index (χ0v) is 38.8. The monoisotopic (exact) mass is 888 g/mol. The van der Waals surface area contributed by atoms with E-state index in [1.807, 2.05) is 0 Å². The van der Waals surface area contributed by atoms with Gasteiger partial charge in [0.15, 0.2) is 0 Å². The van der Waals surface area contributed by atoms with Gasteiger partial charge in [0.1, 0.15) is 0 Å². The molecule has 0 atom stereocenters. The highest BCUT2D eigenvalue weighted by Gasteiger charge is 2.18. The molecule has 11 aromatic rings. The molecule has 2 nitrogen and oxygen atoms in total. The Kier molecular flexibility index (Phi) is 11.9. The number of nitrogens with zero attached hydrogens (tertiary/aromatic N) is 2. The van der Waals surface area contributed by atoms with Crippen molar-refractivity contribution in [2.45, 2.75) is 0 Å². The summed E-state index contributed by atoms with van der Waals surface area (Å²) in [4.78, 5) is 4.71. The Morgan fingerprint density at radius 1 is 0.191 bits per heavy atom. The molecule has 0 aliphatic heterocycles. The maximum Gasteiger partial charge on any atom is 0.0462 e. The summed E-state index contributed by atoms with van der Waals surface area (Å²) in [7, 11) is -0.578. The maximum absolute atomic E-state index is 2.39. The minimum atomic E-state index is -0.578. The molecule has 0 bridgehead atoms. The summed E-state index contributed by atoms with van der Waals surface area (Å²) in [5, 5.41) is 2.77. The van der Waals surface area contributed by atoms with Gasteiger partial charge >= 0.3 is 0 Å². The van der Waals surface area contributed by atoms with Gasteiger partial charge in [-0.25, -0.2) is 0 Å². The highest BCUT2D eigenvalue weighted by molar-refractivity contribution is 7.54. The minimum Gasteiger partial charge on any atom is -0.311 e. The molecule has 324 valence electrons. The van der Waals surface area contributed by atoms with Crippen LogP contribution in [0, 0.1) is 0 Å². The number of rotatable bonds is 12. The maximum atomic E-state index is 2.39. The van der Waals surface area contributed by atoms with Crippen LogP contribution in [0.3, 0.4) is 0 Å². The molecule has 0 unspecified atom stereocenters. The van der Waals surface area contributed by atoms with Gasteiger partial charge in [0.25, 0.3) is 0 Å². The van der Waals surface area contributed by atoms with Crippen molar-refractivity contribution < 1.29 is 0 Å². The molecule has 1 aromatic heterocycles. The van der Waals surface area contributed by atoms with Crippen LogP contribution < -0.4 is 9.80 Å². The van der Waals surface area contributed by atoms with Crippen molar-refractivity contribution in [2.24, 2.45) is 6.66 Å². The molecule has 0 radical (unpaired) electrons. The molecule has 0 aliphatic carbocycles. The van der Waals surface area contributed by atoms with E-state index in [9.17, 15) is 0 Å². The molecule has 0 spiro atoms. The number of hydrogen-bond donors (Lipinski definition) is 0. The molecule has 0 saturated heterocycles. The predicted octanol–water partition coefficient (Wildman–Crippen LogP) is 19.2. The van der Waals surface area contributed by atoms with Gasteiger partial charge in [-0.1, -0.05) is 194 Å². The van der Waals surface area contributed by atoms with Gasteiger partial charge in [-0.05, 0) is 147 Å². The fourth-order valence-electron chi connectivity index (χ4n) is 9.28. The van der Waals surface area contributed by atoms with Crippen molar-refractivity contribution in [1.29, 1.82) is 0 Å². The van der Waals surface area contributed by atoms with E-state index in [0.29, 0.717) is 0 Å². The van der Waals surface area contributed by atoms with E-state index in [-0.39, 0.29) is 0 Å². The lowest BCUT2D eigenvalue weighted by molar-refractivity contribution is 1.28. The van der Waals surface area contributed by atoms with Gasteiger partial charge in [-0.3, -0.25) is 0 Å². The molecule has 0 aliphatic rings. The average molecular weight is 889 g/mol. The lowest BCUT2D eigenvalue weighted by Crippen LogP contribution is -2.09. The average Bonchev–Trinajstić information content (AvgIpc) is 3.81. The Balaban J connectivity index is 0.882. The zero-order valence-electron chi connectivity index (χ0n) is 37.9. The van der Waals surface area contributed by atoms with Crippen molar-refractivity contribution in [3.63, 3.8) is 0 Å². The number of hydrogen-bond acceptors (Lipinski definition) is 2. The van der Waals surface area contributed by atoms with E-state index in [0.717, 1.165) is 34.1 Å². The Morgan fingerprint density at radius 2 is 0.368 bits per heavy atom. The molecule has 0 N–H and O–H groups in total. The standard InChI is InChI=1S/C65H49N2P/c1-68-64(56-30-42-62(43-31-56)66(58-34-22-52(23-35-58)48-14-6-2-7-15-48)59-36-24-53(25-37-59)49-16-8-3-9-17-49)46-47-65(68)57-32-44-63(45-33-57)67(60-38-26-54(27-39-60)50-18-10-4-11-19-50)61-40-28-55(29-41-61)51-20-12-5-13-21-51/h2-47H,1H3. The van der Waals surface area contributed by atoms with Gasteiger partial charge in [0, 0.05) is 44.7 Å². The van der Waals surface area contributed by atoms with Crippen molar-refractivity contribution >= 4 is 41.7 Å². The Hall–Kier alpha value is -8.42. The highest BCUT2D eigenvalue weighted by atomic mass is 31.1. The van der Waals surface area contributed by atoms with Crippen LogP contribution in [0.2, 0.25) is 0 Å². The summed E-state index contributed by atoms with van der Waals surface area (Å²) < 4.78 is 0. The van der Waals surface area contributed by atoms with E-state index in [1.54, 1.807) is 0 Å². The first-order chi connectivity index (χ1) is 33.6. The van der Waals surface area contributed by atoms with Gasteiger partial charge in [0.2, 0.25) is 0 Å². The summed E-state index contributed by atoms with van der Waals surface area (Å²) in [6.07, 6.45) is 0. The Labute approximate surface area is 401 Å². The van der Waals surface area contributed by atoms with Gasteiger partial charge < -0.3 is 9.80 Å². The van der Waals surface area contributed by atoms with E-state index >= 15 is 0 Å². The Bertz CT molecular complexity index is 2970. The van der Waals surface area contributed by atoms with Crippen LogP contribution in [0.5, 0.6) is 0 Å². The summed E-state index contributed by atoms with van der Waals surface area (Å²) in [6.45, 7) is 2.39. The second-order valence-corrected chi connectivity index (χ2v) is 19.2. The quantitative estimate of drug-likeness (QED) is 0.121. The lowest BCUT2D eigenvalue weighted by Gasteiger charge is -2.26. The van der Waals surface area contributed by atoms with Crippen LogP contribution in [0.4, 0.5) is 34.1 Å². The number of anilines is 6. The van der Waals surface area contributed by atoms with E-state index in [2.05, 4.69) is 296 Å². The van der Waals surface area contributed by atoms with Gasteiger partial charge in [0.05, 0.1) is 0 Å². The third kappa shape index (κ3) is 8.82. The van der Waals surface area contributed by atoms with E-state index < -0.39 is 7.53 Å². The molecule has 11 rings (SSSR count). The molecule has 1 heterocycles. The normalized spacial score (nSPS) is 11.0. The summed E-state index contributed by atoms with van der Waals surface area (Å²) >= 11 is 0. The van der Waals surface area contributed by atoms with Crippen molar-refractivity contribution in [1.82, 2.24) is 0 Å². The fraction of sp³-hybridized carbons (Fsp3) is 0.0154. The number of benzene rings is 10. The summed E-state index contributed by atoms with van der Waals surface area (Å²) in [6, 6.07) is 101. The summed E-state index contributed by atoms with van der Waals surface area (Å²) in [5.74, 6) is 0. The lowest BCUT2D eigenvalue weighted by atomic mass is 10.0.